The van der Waals surface area contributed by atoms with Gasteiger partial charge in [0.2, 0.25) is 0 Å². The van der Waals surface area contributed by atoms with Crippen molar-refractivity contribution in [2.45, 2.75) is 25.1 Å². The van der Waals surface area contributed by atoms with Gasteiger partial charge in [0.1, 0.15) is 0 Å². The van der Waals surface area contributed by atoms with Gasteiger partial charge in [0.15, 0.2) is 0 Å². The number of anilines is 1. The number of amides is 1. The molecule has 0 unspecified atom stereocenters. The van der Waals surface area contributed by atoms with Crippen LogP contribution in [0.3, 0.4) is 0 Å². The molecule has 2 rings (SSSR count). The Balaban J connectivity index is 2.15. The van der Waals surface area contributed by atoms with E-state index in [1.807, 2.05) is 0 Å². The largest absolute Gasteiger partial charge is 0.418 e. The molecule has 1 aliphatic carbocycles. The van der Waals surface area contributed by atoms with Gasteiger partial charge in [-0.15, -0.1) is 0 Å². The number of carbonyl (C=O) groups is 1. The summed E-state index contributed by atoms with van der Waals surface area (Å²) in [6.07, 6.45) is -3.71. The van der Waals surface area contributed by atoms with Crippen LogP contribution in [-0.2, 0) is 6.18 Å². The normalized spacial score (nSPS) is 21.8. The van der Waals surface area contributed by atoms with Gasteiger partial charge in [-0.1, -0.05) is 6.07 Å². The Hall–Kier alpha value is -1.76. The Kier molecular flexibility index (Phi) is 4.13. The summed E-state index contributed by atoms with van der Waals surface area (Å²) in [6.45, 7) is 0.394. The van der Waals surface area contributed by atoms with Gasteiger partial charge in [-0.25, -0.2) is 0 Å². The molecule has 1 aromatic carbocycles. The maximum absolute atomic E-state index is 12.8. The maximum Gasteiger partial charge on any atom is 0.418 e. The van der Waals surface area contributed by atoms with Gasteiger partial charge < -0.3 is 15.7 Å². The van der Waals surface area contributed by atoms with Crippen molar-refractivity contribution in [2.24, 2.45) is 5.92 Å². The Bertz CT molecular complexity index is 540. The van der Waals surface area contributed by atoms with E-state index in [0.29, 0.717) is 19.4 Å². The van der Waals surface area contributed by atoms with Crippen molar-refractivity contribution >= 4 is 11.6 Å². The first-order valence-corrected chi connectivity index (χ1v) is 6.59. The second kappa shape index (κ2) is 5.55. The topological polar surface area (TPSA) is 66.6 Å². The number of hydrogen-bond acceptors (Lipinski definition) is 3. The Labute approximate surface area is 120 Å². The number of carbonyl (C=O) groups excluding carboxylic acids is 1. The summed E-state index contributed by atoms with van der Waals surface area (Å²) in [5.41, 5.74) is 3.81. The lowest BCUT2D eigenvalue weighted by Crippen LogP contribution is -2.39. The Morgan fingerprint density at radius 1 is 1.43 bits per heavy atom. The van der Waals surface area contributed by atoms with Crippen molar-refractivity contribution in [3.8, 4) is 0 Å². The number of benzene rings is 1. The molecule has 1 fully saturated rings. The second-order valence-corrected chi connectivity index (χ2v) is 5.44. The fourth-order valence-electron chi connectivity index (χ4n) is 2.52. The van der Waals surface area contributed by atoms with E-state index in [0.717, 1.165) is 6.07 Å². The molecule has 1 amide bonds. The predicted molar refractivity (Wildman–Crippen MR) is 71.5 cm³/mol. The number of para-hydroxylation sites is 1. The third kappa shape index (κ3) is 3.29. The smallest absolute Gasteiger partial charge is 0.398 e. The van der Waals surface area contributed by atoms with Gasteiger partial charge in [-0.3, -0.25) is 4.79 Å². The first kappa shape index (κ1) is 15.6. The standard InChI is InChI=1S/C14H17F3N2O2/c1-19(7-8-5-9(20)6-8)13(21)10-3-2-4-11(12(10)18)14(15,16)17/h2-4,8-9,20H,5-7,18H2,1H3. The number of nitrogen functional groups attached to an aromatic ring is 1. The number of nitrogens with two attached hydrogens (primary N) is 1. The van der Waals surface area contributed by atoms with Crippen molar-refractivity contribution in [2.75, 3.05) is 19.3 Å². The Morgan fingerprint density at radius 2 is 2.05 bits per heavy atom. The molecule has 21 heavy (non-hydrogen) atoms. The molecule has 116 valence electrons. The van der Waals surface area contributed by atoms with Gasteiger partial charge in [-0.05, 0) is 30.9 Å². The third-order valence-electron chi connectivity index (χ3n) is 3.73. The van der Waals surface area contributed by atoms with Crippen LogP contribution in [-0.4, -0.2) is 35.6 Å². The van der Waals surface area contributed by atoms with Gasteiger partial charge >= 0.3 is 6.18 Å². The number of halogens is 3. The number of aliphatic hydroxyl groups excluding tert-OH is 1. The molecule has 0 radical (unpaired) electrons. The molecule has 1 saturated carbocycles. The summed E-state index contributed by atoms with van der Waals surface area (Å²) in [6, 6.07) is 3.32. The zero-order chi connectivity index (χ0) is 15.8. The van der Waals surface area contributed by atoms with Crippen LogP contribution in [0, 0.1) is 5.92 Å². The molecule has 0 bridgehead atoms. The molecule has 1 aromatic rings. The van der Waals surface area contributed by atoms with E-state index in [1.165, 1.54) is 24.1 Å². The average molecular weight is 302 g/mol. The van der Waals surface area contributed by atoms with Gasteiger partial charge in [-0.2, -0.15) is 13.2 Å². The third-order valence-corrected chi connectivity index (χ3v) is 3.73. The van der Waals surface area contributed by atoms with E-state index in [1.54, 1.807) is 0 Å². The zero-order valence-corrected chi connectivity index (χ0v) is 11.5. The summed E-state index contributed by atoms with van der Waals surface area (Å²) in [7, 11) is 1.52. The van der Waals surface area contributed by atoms with E-state index in [9.17, 15) is 23.1 Å². The minimum Gasteiger partial charge on any atom is -0.398 e. The molecule has 0 aliphatic heterocycles. The monoisotopic (exact) mass is 302 g/mol. The highest BCUT2D eigenvalue weighted by Gasteiger charge is 2.35. The van der Waals surface area contributed by atoms with E-state index < -0.39 is 23.3 Å². The molecule has 0 heterocycles. The van der Waals surface area contributed by atoms with Crippen LogP contribution in [0.5, 0.6) is 0 Å². The number of nitrogens with zero attached hydrogens (tertiary/aromatic N) is 1. The molecular formula is C14H17F3N2O2. The lowest BCUT2D eigenvalue weighted by Gasteiger charge is -2.34. The summed E-state index contributed by atoms with van der Waals surface area (Å²) < 4.78 is 38.3. The highest BCUT2D eigenvalue weighted by Crippen LogP contribution is 2.35. The minimum atomic E-state index is -4.59. The molecule has 3 N–H and O–H groups in total. The number of hydrogen-bond donors (Lipinski definition) is 2. The van der Waals surface area contributed by atoms with E-state index in [2.05, 4.69) is 0 Å². The van der Waals surface area contributed by atoms with E-state index >= 15 is 0 Å². The first-order valence-electron chi connectivity index (χ1n) is 6.59. The van der Waals surface area contributed by atoms with Crippen LogP contribution in [0.15, 0.2) is 18.2 Å². The number of rotatable bonds is 3. The lowest BCUT2D eigenvalue weighted by molar-refractivity contribution is -0.136. The summed E-state index contributed by atoms with van der Waals surface area (Å²) in [4.78, 5) is 13.6. The number of alkyl halides is 3. The molecular weight excluding hydrogens is 285 g/mol. The quantitative estimate of drug-likeness (QED) is 0.841. The van der Waals surface area contributed by atoms with Crippen LogP contribution in [0.2, 0.25) is 0 Å². The van der Waals surface area contributed by atoms with Crippen LogP contribution < -0.4 is 5.73 Å². The average Bonchev–Trinajstić information content (AvgIpc) is 2.35. The highest BCUT2D eigenvalue weighted by atomic mass is 19.4. The minimum absolute atomic E-state index is 0.146. The molecule has 7 heteroatoms. The van der Waals surface area contributed by atoms with Gasteiger partial charge in [0.05, 0.1) is 22.9 Å². The van der Waals surface area contributed by atoms with E-state index in [-0.39, 0.29) is 17.6 Å². The lowest BCUT2D eigenvalue weighted by atomic mass is 9.82. The van der Waals surface area contributed by atoms with Crippen molar-refractivity contribution in [3.63, 3.8) is 0 Å². The summed E-state index contributed by atoms with van der Waals surface area (Å²) in [5.74, 6) is -0.360. The predicted octanol–water partition coefficient (Wildman–Crippen LogP) is 2.13. The fraction of sp³-hybridized carbons (Fsp3) is 0.500. The van der Waals surface area contributed by atoms with Crippen molar-refractivity contribution in [3.05, 3.63) is 29.3 Å². The summed E-state index contributed by atoms with van der Waals surface area (Å²) in [5, 5.41) is 9.21. The van der Waals surface area contributed by atoms with Gasteiger partial charge in [0, 0.05) is 13.6 Å². The zero-order valence-electron chi connectivity index (χ0n) is 11.5. The fourth-order valence-corrected chi connectivity index (χ4v) is 2.52. The first-order chi connectivity index (χ1) is 9.70. The SMILES string of the molecule is CN(CC1CC(O)C1)C(=O)c1cccc(C(F)(F)F)c1N. The second-order valence-electron chi connectivity index (χ2n) is 5.44. The molecule has 0 spiro atoms. The molecule has 0 saturated heterocycles. The number of aliphatic hydroxyl groups is 1. The van der Waals surface area contributed by atoms with Crippen LogP contribution in [0.1, 0.15) is 28.8 Å². The molecule has 0 aromatic heterocycles. The molecule has 1 aliphatic rings. The summed E-state index contributed by atoms with van der Waals surface area (Å²) >= 11 is 0. The van der Waals surface area contributed by atoms with Gasteiger partial charge in [0.25, 0.3) is 5.91 Å². The van der Waals surface area contributed by atoms with E-state index in [4.69, 9.17) is 5.73 Å². The maximum atomic E-state index is 12.8. The highest BCUT2D eigenvalue weighted by molar-refractivity contribution is 5.99. The molecule has 0 atom stereocenters. The van der Waals surface area contributed by atoms with Crippen molar-refractivity contribution in [1.82, 2.24) is 4.90 Å². The van der Waals surface area contributed by atoms with Crippen LogP contribution in [0.4, 0.5) is 18.9 Å². The Morgan fingerprint density at radius 3 is 2.57 bits per heavy atom. The van der Waals surface area contributed by atoms with Crippen molar-refractivity contribution in [1.29, 1.82) is 0 Å². The van der Waals surface area contributed by atoms with Crippen molar-refractivity contribution < 1.29 is 23.1 Å². The van der Waals surface area contributed by atoms with Crippen LogP contribution >= 0.6 is 0 Å². The molecule has 4 nitrogen and oxygen atoms in total. The van der Waals surface area contributed by atoms with Crippen LogP contribution in [0.25, 0.3) is 0 Å².